The van der Waals surface area contributed by atoms with Crippen molar-refractivity contribution < 1.29 is 23.8 Å². The fraction of sp³-hybridized carbons (Fsp3) is 0.480. The maximum Gasteiger partial charge on any atom is 0.220 e. The van der Waals surface area contributed by atoms with Crippen molar-refractivity contribution >= 4 is 11.6 Å². The molecule has 2 atom stereocenters. The van der Waals surface area contributed by atoms with Crippen LogP contribution in [-0.2, 0) is 4.74 Å². The van der Waals surface area contributed by atoms with Crippen LogP contribution in [0.5, 0.6) is 11.6 Å². The first kappa shape index (κ1) is 25.4. The third-order valence-electron chi connectivity index (χ3n) is 5.91. The van der Waals surface area contributed by atoms with Gasteiger partial charge in [0.15, 0.2) is 5.82 Å². The molecule has 1 aliphatic rings. The van der Waals surface area contributed by atoms with Gasteiger partial charge in [0, 0.05) is 30.2 Å². The Morgan fingerprint density at radius 1 is 1.23 bits per heavy atom. The van der Waals surface area contributed by atoms with Crippen molar-refractivity contribution in [2.24, 2.45) is 5.92 Å². The summed E-state index contributed by atoms with van der Waals surface area (Å²) in [4.78, 5) is 9.59. The molecular formula is C25H31ClN4O5. The predicted molar refractivity (Wildman–Crippen MR) is 132 cm³/mol. The van der Waals surface area contributed by atoms with Gasteiger partial charge >= 0.3 is 0 Å². The van der Waals surface area contributed by atoms with Gasteiger partial charge in [0.05, 0.1) is 35.2 Å². The average Bonchev–Trinajstić information content (AvgIpc) is 3.48. The number of likely N-dealkylation sites (N-methyl/N-ethyl adjacent to an activating group) is 1. The van der Waals surface area contributed by atoms with Gasteiger partial charge in [0.1, 0.15) is 24.2 Å². The Bertz CT molecular complexity index is 1140. The van der Waals surface area contributed by atoms with E-state index >= 15 is 0 Å². The molecule has 188 valence electrons. The predicted octanol–water partition coefficient (Wildman–Crippen LogP) is 3.75. The fourth-order valence-corrected chi connectivity index (χ4v) is 4.19. The van der Waals surface area contributed by atoms with Crippen molar-refractivity contribution in [1.29, 1.82) is 0 Å². The number of aryl methyl sites for hydroxylation is 2. The van der Waals surface area contributed by atoms with Gasteiger partial charge in [0.2, 0.25) is 5.88 Å². The van der Waals surface area contributed by atoms with Crippen molar-refractivity contribution in [3.05, 3.63) is 40.2 Å². The van der Waals surface area contributed by atoms with Gasteiger partial charge < -0.3 is 29.2 Å². The van der Waals surface area contributed by atoms with Crippen LogP contribution in [0.25, 0.3) is 22.6 Å². The van der Waals surface area contributed by atoms with Gasteiger partial charge in [-0.2, -0.15) is 4.98 Å². The molecule has 1 fully saturated rings. The van der Waals surface area contributed by atoms with E-state index in [1.165, 1.54) is 0 Å². The molecular weight excluding hydrogens is 472 g/mol. The van der Waals surface area contributed by atoms with Crippen LogP contribution in [0.15, 0.2) is 22.7 Å². The summed E-state index contributed by atoms with van der Waals surface area (Å²) < 4.78 is 22.8. The van der Waals surface area contributed by atoms with Gasteiger partial charge in [-0.3, -0.25) is 0 Å². The highest BCUT2D eigenvalue weighted by Gasteiger charge is 2.23. The van der Waals surface area contributed by atoms with Crippen LogP contribution in [0.4, 0.5) is 0 Å². The number of rotatable bonds is 10. The van der Waals surface area contributed by atoms with Gasteiger partial charge in [-0.05, 0) is 52.4 Å². The highest BCUT2D eigenvalue weighted by atomic mass is 35.5. The minimum atomic E-state index is -0.638. The Morgan fingerprint density at radius 2 is 2.06 bits per heavy atom. The summed E-state index contributed by atoms with van der Waals surface area (Å²) in [7, 11) is 1.77. The Kier molecular flexibility index (Phi) is 8.22. The lowest BCUT2D eigenvalue weighted by Gasteiger charge is -2.16. The van der Waals surface area contributed by atoms with E-state index in [1.54, 1.807) is 25.2 Å². The number of hydrogen-bond donors (Lipinski definition) is 2. The quantitative estimate of drug-likeness (QED) is 0.428. The molecule has 1 aliphatic heterocycles. The van der Waals surface area contributed by atoms with E-state index in [1.807, 2.05) is 20.8 Å². The van der Waals surface area contributed by atoms with Crippen molar-refractivity contribution in [3.8, 4) is 34.3 Å². The number of halogens is 1. The molecule has 10 heteroatoms. The molecule has 0 saturated carbocycles. The Morgan fingerprint density at radius 3 is 2.74 bits per heavy atom. The van der Waals surface area contributed by atoms with Gasteiger partial charge in [-0.15, -0.1) is 0 Å². The summed E-state index contributed by atoms with van der Waals surface area (Å²) in [5, 5.41) is 17.5. The number of benzene rings is 1. The summed E-state index contributed by atoms with van der Waals surface area (Å²) in [6.07, 6.45) is 0.318. The third kappa shape index (κ3) is 5.92. The summed E-state index contributed by atoms with van der Waals surface area (Å²) >= 11 is 6.57. The smallest absolute Gasteiger partial charge is 0.220 e. The largest absolute Gasteiger partial charge is 0.491 e. The van der Waals surface area contributed by atoms with Gasteiger partial charge in [-0.25, -0.2) is 4.98 Å². The summed E-state index contributed by atoms with van der Waals surface area (Å²) in [6.45, 7) is 8.14. The number of nitrogens with one attached hydrogen (secondary N) is 1. The molecule has 3 aromatic rings. The van der Waals surface area contributed by atoms with Crippen LogP contribution >= 0.6 is 11.6 Å². The maximum absolute atomic E-state index is 9.98. The third-order valence-corrected chi connectivity index (χ3v) is 6.24. The SMILES string of the molecule is CNC[C@@H](O)COc1ccc(Cl)c(-c2nc(OC[C@H]3CCOC3)c(C)c(-c3c(C)noc3C)n2)c1. The minimum Gasteiger partial charge on any atom is -0.491 e. The van der Waals surface area contributed by atoms with Crippen molar-refractivity contribution in [3.63, 3.8) is 0 Å². The topological polar surface area (TPSA) is 112 Å². The van der Waals surface area contributed by atoms with E-state index in [9.17, 15) is 5.11 Å². The van der Waals surface area contributed by atoms with E-state index < -0.39 is 6.10 Å². The van der Waals surface area contributed by atoms with Crippen LogP contribution in [-0.4, -0.2) is 66.4 Å². The second-order valence-corrected chi connectivity index (χ2v) is 9.14. The molecule has 2 N–H and O–H groups in total. The molecule has 0 amide bonds. The van der Waals surface area contributed by atoms with E-state index in [0.29, 0.717) is 65.2 Å². The molecule has 0 aliphatic carbocycles. The van der Waals surface area contributed by atoms with Gasteiger partial charge in [-0.1, -0.05) is 16.8 Å². The number of hydrogen-bond acceptors (Lipinski definition) is 9. The summed E-state index contributed by atoms with van der Waals surface area (Å²) in [5.41, 5.74) is 3.59. The maximum atomic E-state index is 9.98. The Balaban J connectivity index is 1.72. The summed E-state index contributed by atoms with van der Waals surface area (Å²) in [5.74, 6) is 2.40. The van der Waals surface area contributed by atoms with Crippen LogP contribution in [0.3, 0.4) is 0 Å². The number of aliphatic hydroxyl groups is 1. The number of aromatic nitrogens is 3. The first-order valence-corrected chi connectivity index (χ1v) is 12.0. The first-order chi connectivity index (χ1) is 16.9. The number of ether oxygens (including phenoxy) is 3. The van der Waals surface area contributed by atoms with Crippen molar-refractivity contribution in [2.45, 2.75) is 33.3 Å². The normalized spacial score (nSPS) is 16.5. The van der Waals surface area contributed by atoms with E-state index in [0.717, 1.165) is 29.8 Å². The second kappa shape index (κ2) is 11.3. The molecule has 35 heavy (non-hydrogen) atoms. The first-order valence-electron chi connectivity index (χ1n) is 11.6. The highest BCUT2D eigenvalue weighted by Crippen LogP contribution is 2.37. The van der Waals surface area contributed by atoms with E-state index in [2.05, 4.69) is 10.5 Å². The molecule has 3 heterocycles. The average molecular weight is 503 g/mol. The minimum absolute atomic E-state index is 0.138. The molecule has 9 nitrogen and oxygen atoms in total. The Labute approximate surface area is 209 Å². The monoisotopic (exact) mass is 502 g/mol. The number of nitrogens with zero attached hydrogens (tertiary/aromatic N) is 3. The molecule has 0 bridgehead atoms. The van der Waals surface area contributed by atoms with E-state index in [-0.39, 0.29) is 6.61 Å². The zero-order valence-corrected chi connectivity index (χ0v) is 21.2. The zero-order chi connectivity index (χ0) is 24.9. The lowest BCUT2D eigenvalue weighted by molar-refractivity contribution is 0.108. The number of aliphatic hydroxyl groups excluding tert-OH is 1. The molecule has 0 spiro atoms. The fourth-order valence-electron chi connectivity index (χ4n) is 3.99. The van der Waals surface area contributed by atoms with Crippen LogP contribution in [0, 0.1) is 26.7 Å². The van der Waals surface area contributed by atoms with Crippen LogP contribution < -0.4 is 14.8 Å². The van der Waals surface area contributed by atoms with Crippen LogP contribution in [0.1, 0.15) is 23.4 Å². The molecule has 1 saturated heterocycles. The molecule has 1 aromatic carbocycles. The van der Waals surface area contributed by atoms with Crippen LogP contribution in [0.2, 0.25) is 5.02 Å². The lowest BCUT2D eigenvalue weighted by atomic mass is 10.1. The lowest BCUT2D eigenvalue weighted by Crippen LogP contribution is -2.29. The zero-order valence-electron chi connectivity index (χ0n) is 20.4. The Hall–Kier alpha value is -2.72. The molecule has 0 radical (unpaired) electrons. The van der Waals surface area contributed by atoms with E-state index in [4.69, 9.17) is 40.3 Å². The standard InChI is InChI=1S/C25H31ClN4O5/c1-14-23(22-15(2)30-35-16(22)3)28-24(29-25(14)34-12-17-7-8-32-11-17)20-9-19(5-6-21(20)26)33-13-18(31)10-27-4/h5-6,9,17-18,27,31H,7-8,10-13H2,1-4H3/t17-,18+/m0/s1. The van der Waals surface area contributed by atoms with Crippen molar-refractivity contribution in [2.75, 3.05) is 40.0 Å². The van der Waals surface area contributed by atoms with Crippen molar-refractivity contribution in [1.82, 2.24) is 20.4 Å². The summed E-state index contributed by atoms with van der Waals surface area (Å²) in [6, 6.07) is 5.25. The second-order valence-electron chi connectivity index (χ2n) is 8.73. The van der Waals surface area contributed by atoms with Gasteiger partial charge in [0.25, 0.3) is 0 Å². The molecule has 0 unspecified atom stereocenters. The molecule has 2 aromatic heterocycles. The molecule has 4 rings (SSSR count). The highest BCUT2D eigenvalue weighted by molar-refractivity contribution is 6.33.